The van der Waals surface area contributed by atoms with E-state index in [-0.39, 0.29) is 26.6 Å². The van der Waals surface area contributed by atoms with Crippen molar-refractivity contribution < 1.29 is 35.0 Å². The average Bonchev–Trinajstić information content (AvgIpc) is 1.12. The zero-order valence-electron chi connectivity index (χ0n) is 4.49. The van der Waals surface area contributed by atoms with E-state index in [1.165, 1.54) is 0 Å². The minimum atomic E-state index is -5.17. The van der Waals surface area contributed by atoms with E-state index in [9.17, 15) is 0 Å². The van der Waals surface area contributed by atoms with Crippen molar-refractivity contribution in [3.8, 4) is 0 Å². The van der Waals surface area contributed by atoms with Gasteiger partial charge in [-0.3, -0.25) is 16.8 Å². The fraction of sp³-hybridized carbons (Fsp3) is 0. The van der Waals surface area contributed by atoms with Crippen LogP contribution < -0.4 is 0 Å². The van der Waals surface area contributed by atoms with Gasteiger partial charge in [-0.1, -0.05) is 0 Å². The van der Waals surface area contributed by atoms with Crippen LogP contribution in [0, 0.1) is 0 Å². The number of hydrogen-bond donors (Lipinski definition) is 0. The van der Waals surface area contributed by atoms with Crippen molar-refractivity contribution in [1.82, 2.24) is 0 Å². The molecule has 0 aliphatic rings. The predicted molar refractivity (Wildman–Crippen MR) is 26.7 cm³/mol. The maximum Gasteiger partial charge on any atom is 0.0311 e. The Kier molecular flexibility index (Phi) is 9.92. The van der Waals surface area contributed by atoms with Crippen LogP contribution in [0.1, 0.15) is 0 Å². The van der Waals surface area contributed by atoms with Gasteiger partial charge in [0, 0.05) is 47.4 Å². The molecule has 70 valence electrons. The Morgan fingerprint density at radius 3 is 0.636 bits per heavy atom. The van der Waals surface area contributed by atoms with Gasteiger partial charge in [0.2, 0.25) is 0 Å². The summed E-state index contributed by atoms with van der Waals surface area (Å²) in [6.07, 6.45) is 0. The molecule has 0 atom stereocenters. The Morgan fingerprint density at radius 2 is 0.636 bits per heavy atom. The standard InChI is InChI=1S/2H2O4S.Po/c2*1-5(2,3)4;/h2*(H2,1,2,3,4);/p-4. The number of rotatable bonds is 0. The molecular formula is O8PoS2-4. The second kappa shape index (κ2) is 6.19. The first-order valence-electron chi connectivity index (χ1n) is 1.33. The van der Waals surface area contributed by atoms with Crippen LogP contribution in [0.5, 0.6) is 0 Å². The minimum Gasteiger partial charge on any atom is -0.759 e. The van der Waals surface area contributed by atoms with Crippen molar-refractivity contribution >= 4 is 47.4 Å². The van der Waals surface area contributed by atoms with Crippen LogP contribution in [0.2, 0.25) is 0 Å². The van der Waals surface area contributed by atoms with Gasteiger partial charge in [0.1, 0.15) is 0 Å². The molecule has 0 heterocycles. The van der Waals surface area contributed by atoms with Gasteiger partial charge < -0.3 is 18.2 Å². The van der Waals surface area contributed by atoms with Gasteiger partial charge in [0.15, 0.2) is 0 Å². The summed E-state index contributed by atoms with van der Waals surface area (Å²) in [6, 6.07) is 0. The smallest absolute Gasteiger partial charge is 0.0311 e. The Hall–Kier alpha value is 0.636. The molecule has 11 heteroatoms. The molecule has 0 bridgehead atoms. The van der Waals surface area contributed by atoms with E-state index >= 15 is 0 Å². The van der Waals surface area contributed by atoms with Crippen molar-refractivity contribution in [1.29, 1.82) is 0 Å². The summed E-state index contributed by atoms with van der Waals surface area (Å²) in [5.74, 6) is 0. The van der Waals surface area contributed by atoms with E-state index in [0.717, 1.165) is 0 Å². The summed E-state index contributed by atoms with van der Waals surface area (Å²) in [5.41, 5.74) is 0. The summed E-state index contributed by atoms with van der Waals surface area (Å²) < 4.78 is 68.2. The molecule has 0 aromatic carbocycles. The monoisotopic (exact) mass is 401 g/mol. The molecule has 0 amide bonds. The van der Waals surface area contributed by atoms with E-state index in [1.54, 1.807) is 0 Å². The third-order valence-corrected chi connectivity index (χ3v) is 0. The Balaban J connectivity index is -0.000000107. The Labute approximate surface area is 82.2 Å². The largest absolute Gasteiger partial charge is 0.759 e. The van der Waals surface area contributed by atoms with E-state index in [1.807, 2.05) is 0 Å². The van der Waals surface area contributed by atoms with Gasteiger partial charge in [-0.25, -0.2) is 0 Å². The van der Waals surface area contributed by atoms with E-state index in [4.69, 9.17) is 35.0 Å². The predicted octanol–water partition coefficient (Wildman–Crippen LogP) is -3.06. The van der Waals surface area contributed by atoms with Crippen molar-refractivity contribution in [2.24, 2.45) is 0 Å². The van der Waals surface area contributed by atoms with Gasteiger partial charge in [0.05, 0.1) is 0 Å². The van der Waals surface area contributed by atoms with E-state index in [2.05, 4.69) is 0 Å². The van der Waals surface area contributed by atoms with Crippen molar-refractivity contribution in [2.45, 2.75) is 0 Å². The zero-order chi connectivity index (χ0) is 9.00. The van der Waals surface area contributed by atoms with Crippen LogP contribution in [-0.4, -0.2) is 61.6 Å². The fourth-order valence-corrected chi connectivity index (χ4v) is 0. The fourth-order valence-electron chi connectivity index (χ4n) is 0. The Bertz CT molecular complexity index is 208. The molecule has 0 spiro atoms. The molecule has 0 fully saturated rings. The molecule has 0 unspecified atom stereocenters. The third kappa shape index (κ3) is 1960. The van der Waals surface area contributed by atoms with Crippen LogP contribution in [0.4, 0.5) is 0 Å². The summed E-state index contributed by atoms with van der Waals surface area (Å²) in [4.78, 5) is 0. The quantitative estimate of drug-likeness (QED) is 0.305. The topological polar surface area (TPSA) is 161 Å². The van der Waals surface area contributed by atoms with Crippen molar-refractivity contribution in [3.05, 3.63) is 0 Å². The van der Waals surface area contributed by atoms with Crippen LogP contribution in [0.25, 0.3) is 0 Å². The minimum absolute atomic E-state index is 0. The van der Waals surface area contributed by atoms with Crippen molar-refractivity contribution in [3.63, 3.8) is 0 Å². The second-order valence-electron chi connectivity index (χ2n) is 0.816. The Morgan fingerprint density at radius 1 is 0.636 bits per heavy atom. The first-order valence-corrected chi connectivity index (χ1v) is 4.00. The van der Waals surface area contributed by atoms with E-state index in [0.29, 0.717) is 0 Å². The first-order chi connectivity index (χ1) is 4.00. The zero-order valence-corrected chi connectivity index (χ0v) is 9.30. The molecule has 0 saturated carbocycles. The molecule has 0 saturated heterocycles. The summed E-state index contributed by atoms with van der Waals surface area (Å²) in [6.45, 7) is 0. The molecule has 0 aliphatic carbocycles. The van der Waals surface area contributed by atoms with Gasteiger partial charge in [-0.2, -0.15) is 0 Å². The van der Waals surface area contributed by atoms with Gasteiger partial charge in [-0.15, -0.1) is 0 Å². The average molecular weight is 401 g/mol. The molecule has 11 heavy (non-hydrogen) atoms. The second-order valence-corrected chi connectivity index (χ2v) is 2.45. The maximum atomic E-state index is 8.52. The van der Waals surface area contributed by atoms with E-state index < -0.39 is 20.8 Å². The van der Waals surface area contributed by atoms with Crippen LogP contribution in [0.15, 0.2) is 0 Å². The normalized spacial score (nSPS) is 10.5. The van der Waals surface area contributed by atoms with Gasteiger partial charge >= 0.3 is 0 Å². The summed E-state index contributed by atoms with van der Waals surface area (Å²) >= 11 is 0. The maximum absolute atomic E-state index is 8.52. The number of hydrogen-bond acceptors (Lipinski definition) is 8. The SMILES string of the molecule is O=S(=O)([O-])[O-].O=S(=O)([O-])[O-].[Po]. The molecule has 8 nitrogen and oxygen atoms in total. The molecule has 0 aliphatic heterocycles. The van der Waals surface area contributed by atoms with Crippen LogP contribution in [0.3, 0.4) is 0 Å². The first kappa shape index (κ1) is 17.6. The summed E-state index contributed by atoms with van der Waals surface area (Å²) in [7, 11) is -10.3. The molecule has 0 rings (SSSR count). The van der Waals surface area contributed by atoms with Gasteiger partial charge in [-0.05, 0) is 0 Å². The van der Waals surface area contributed by atoms with Crippen molar-refractivity contribution in [2.75, 3.05) is 0 Å². The van der Waals surface area contributed by atoms with Gasteiger partial charge in [0.25, 0.3) is 0 Å². The molecule has 2 radical (unpaired) electrons. The van der Waals surface area contributed by atoms with Crippen LogP contribution in [-0.2, 0) is 20.8 Å². The molecule has 0 aromatic rings. The summed E-state index contributed by atoms with van der Waals surface area (Å²) in [5, 5.41) is 0. The molecular weight excluding hydrogens is 401 g/mol. The van der Waals surface area contributed by atoms with Crippen LogP contribution >= 0.6 is 0 Å². The molecule has 0 N–H and O–H groups in total. The third-order valence-electron chi connectivity index (χ3n) is 0. The molecule has 0 aromatic heterocycles.